The zero-order valence-electron chi connectivity index (χ0n) is 12.5. The van der Waals surface area contributed by atoms with Gasteiger partial charge >= 0.3 is 11.9 Å². The summed E-state index contributed by atoms with van der Waals surface area (Å²) in [7, 11) is -2.86. The molecule has 0 saturated heterocycles. The average Bonchev–Trinajstić information content (AvgIpc) is 2.92. The number of fused-ring (bicyclic) bond motifs is 1. The largest absolute Gasteiger partial charge is 0.386 e. The standard InChI is InChI=1S/C8Br4O3.C7H9O3P/c9-3-1-2(8(14)15-7(1)13)4(10)6(12)5(3)11;8-7(11(9)10)6-4-2-1-3-5-6/h;1-5,7-8,11H,(H,9,10). The summed E-state index contributed by atoms with van der Waals surface area (Å²) in [5.41, 5.74) is 0.961. The van der Waals surface area contributed by atoms with Crippen LogP contribution in [-0.2, 0) is 9.30 Å². The molecular formula is C15H9Br4O6P. The summed E-state index contributed by atoms with van der Waals surface area (Å²) in [4.78, 5) is 31.3. The Morgan fingerprint density at radius 3 is 1.65 bits per heavy atom. The van der Waals surface area contributed by atoms with Crippen LogP contribution in [0.5, 0.6) is 0 Å². The number of hydrogen-bond acceptors (Lipinski definition) is 5. The van der Waals surface area contributed by atoms with Gasteiger partial charge in [0.15, 0.2) is 5.85 Å². The highest BCUT2D eigenvalue weighted by Gasteiger charge is 2.36. The number of hydrogen-bond donors (Lipinski definition) is 2. The molecule has 0 radical (unpaired) electrons. The summed E-state index contributed by atoms with van der Waals surface area (Å²) in [6, 6.07) is 8.43. The van der Waals surface area contributed by atoms with Crippen molar-refractivity contribution >= 4 is 83.7 Å². The van der Waals surface area contributed by atoms with Gasteiger partial charge < -0.3 is 14.7 Å². The third kappa shape index (κ3) is 4.55. The second-order valence-corrected chi connectivity index (χ2v) is 9.23. The predicted molar refractivity (Wildman–Crippen MR) is 110 cm³/mol. The molecule has 0 fully saturated rings. The van der Waals surface area contributed by atoms with E-state index in [1.165, 1.54) is 0 Å². The van der Waals surface area contributed by atoms with Crippen LogP contribution in [-0.4, -0.2) is 21.9 Å². The maximum absolute atomic E-state index is 11.4. The highest BCUT2D eigenvalue weighted by molar-refractivity contribution is 9.15. The lowest BCUT2D eigenvalue weighted by Crippen LogP contribution is -1.97. The number of halogens is 4. The number of aliphatic hydroxyl groups is 1. The van der Waals surface area contributed by atoms with E-state index >= 15 is 0 Å². The van der Waals surface area contributed by atoms with Crippen LogP contribution >= 0.6 is 71.7 Å². The topological polar surface area (TPSA) is 101 Å². The van der Waals surface area contributed by atoms with E-state index in [0.717, 1.165) is 0 Å². The van der Waals surface area contributed by atoms with Crippen LogP contribution in [0.3, 0.4) is 0 Å². The van der Waals surface area contributed by atoms with Gasteiger partial charge in [0.05, 0.1) is 11.1 Å². The van der Waals surface area contributed by atoms with Crippen LogP contribution < -0.4 is 0 Å². The van der Waals surface area contributed by atoms with Gasteiger partial charge in [0.25, 0.3) is 0 Å². The lowest BCUT2D eigenvalue weighted by atomic mass is 10.1. The third-order valence-corrected chi connectivity index (χ3v) is 8.78. The number of esters is 2. The second kappa shape index (κ2) is 9.23. The van der Waals surface area contributed by atoms with Crippen LogP contribution in [0.15, 0.2) is 48.2 Å². The van der Waals surface area contributed by atoms with E-state index in [9.17, 15) is 14.2 Å². The highest BCUT2D eigenvalue weighted by Crippen LogP contribution is 2.44. The molecule has 0 spiro atoms. The Morgan fingerprint density at radius 1 is 0.846 bits per heavy atom. The van der Waals surface area contributed by atoms with Crippen molar-refractivity contribution in [3.05, 3.63) is 64.9 Å². The second-order valence-electron chi connectivity index (χ2n) is 4.83. The Hall–Kier alpha value is -0.350. The van der Waals surface area contributed by atoms with Gasteiger partial charge in [-0.05, 0) is 69.3 Å². The fourth-order valence-corrected chi connectivity index (χ4v) is 4.90. The fourth-order valence-electron chi connectivity index (χ4n) is 1.98. The predicted octanol–water partition coefficient (Wildman–Crippen LogP) is 5.19. The van der Waals surface area contributed by atoms with E-state index in [1.807, 2.05) is 0 Å². The third-order valence-electron chi connectivity index (χ3n) is 3.21. The molecule has 1 aliphatic heterocycles. The van der Waals surface area contributed by atoms with Crippen molar-refractivity contribution in [3.63, 3.8) is 0 Å². The van der Waals surface area contributed by atoms with Gasteiger partial charge in [-0.15, -0.1) is 0 Å². The van der Waals surface area contributed by atoms with E-state index < -0.39 is 25.8 Å². The zero-order valence-corrected chi connectivity index (χ0v) is 19.8. The van der Waals surface area contributed by atoms with E-state index in [1.54, 1.807) is 30.3 Å². The van der Waals surface area contributed by atoms with Crippen molar-refractivity contribution in [2.45, 2.75) is 5.85 Å². The van der Waals surface area contributed by atoms with Gasteiger partial charge in [0.2, 0.25) is 8.03 Å². The van der Waals surface area contributed by atoms with Crippen molar-refractivity contribution in [2.24, 2.45) is 0 Å². The normalized spacial score (nSPS) is 14.8. The van der Waals surface area contributed by atoms with E-state index in [2.05, 4.69) is 68.5 Å². The molecule has 0 bridgehead atoms. The molecule has 138 valence electrons. The van der Waals surface area contributed by atoms with Gasteiger partial charge in [-0.1, -0.05) is 30.3 Å². The molecule has 3 rings (SSSR count). The van der Waals surface area contributed by atoms with E-state index in [-0.39, 0.29) is 11.1 Å². The zero-order chi connectivity index (χ0) is 19.6. The monoisotopic (exact) mass is 632 g/mol. The molecule has 0 aromatic heterocycles. The molecule has 1 aliphatic rings. The van der Waals surface area contributed by atoms with Crippen LogP contribution in [0.2, 0.25) is 0 Å². The van der Waals surface area contributed by atoms with E-state index in [4.69, 9.17) is 10.00 Å². The Labute approximate surface area is 182 Å². The Morgan fingerprint density at radius 2 is 1.27 bits per heavy atom. The number of carbonyl (C=O) groups is 2. The number of aliphatic hydroxyl groups excluding tert-OH is 1. The van der Waals surface area contributed by atoms with Crippen LogP contribution in [0.4, 0.5) is 0 Å². The summed E-state index contributed by atoms with van der Waals surface area (Å²) in [5, 5.41) is 9.08. The lowest BCUT2D eigenvalue weighted by Gasteiger charge is -2.06. The van der Waals surface area contributed by atoms with Crippen molar-refractivity contribution < 1.29 is 28.9 Å². The molecule has 1 heterocycles. The summed E-state index contributed by atoms with van der Waals surface area (Å²) in [6.07, 6.45) is 0. The number of ether oxygens (including phenoxy) is 1. The first-order valence-corrected chi connectivity index (χ1v) is 11.4. The van der Waals surface area contributed by atoms with Gasteiger partial charge in [0, 0.05) is 17.9 Å². The average molecular weight is 636 g/mol. The van der Waals surface area contributed by atoms with Gasteiger partial charge in [-0.2, -0.15) is 0 Å². The van der Waals surface area contributed by atoms with Crippen molar-refractivity contribution in [1.29, 1.82) is 0 Å². The minimum Gasteiger partial charge on any atom is -0.386 e. The van der Waals surface area contributed by atoms with Crippen molar-refractivity contribution in [2.75, 3.05) is 0 Å². The highest BCUT2D eigenvalue weighted by atomic mass is 79.9. The molecule has 0 aliphatic carbocycles. The Kier molecular flexibility index (Phi) is 7.79. The minimum absolute atomic E-state index is 0.238. The fraction of sp³-hybridized carbons (Fsp3) is 0.0667. The van der Waals surface area contributed by atoms with Crippen molar-refractivity contribution in [3.8, 4) is 0 Å². The van der Waals surface area contributed by atoms with Crippen LogP contribution in [0.1, 0.15) is 32.1 Å². The molecule has 2 N–H and O–H groups in total. The summed E-state index contributed by atoms with van der Waals surface area (Å²) in [5.74, 6) is -2.51. The SMILES string of the molecule is O=C1OC(=O)c2c(Br)c(Br)c(Br)c(Br)c21.O=[PH](O)C(O)c1ccccc1. The Bertz CT molecular complexity index is 858. The molecule has 0 amide bonds. The van der Waals surface area contributed by atoms with Gasteiger partial charge in [-0.25, -0.2) is 9.59 Å². The maximum atomic E-state index is 11.4. The molecule has 11 heteroatoms. The molecule has 26 heavy (non-hydrogen) atoms. The van der Waals surface area contributed by atoms with Crippen molar-refractivity contribution in [1.82, 2.24) is 0 Å². The molecule has 2 aromatic rings. The molecule has 2 unspecified atom stereocenters. The summed E-state index contributed by atoms with van der Waals surface area (Å²) < 4.78 is 17.3. The van der Waals surface area contributed by atoms with Crippen LogP contribution in [0, 0.1) is 0 Å². The van der Waals surface area contributed by atoms with Crippen LogP contribution in [0.25, 0.3) is 0 Å². The molecule has 2 atom stereocenters. The molecular weight excluding hydrogens is 627 g/mol. The molecule has 0 saturated carbocycles. The first-order valence-electron chi connectivity index (χ1n) is 6.75. The quantitative estimate of drug-likeness (QED) is 0.155. The smallest absolute Gasteiger partial charge is 0.348 e. The minimum atomic E-state index is -2.86. The Balaban J connectivity index is 0.000000197. The number of carbonyl (C=O) groups excluding carboxylic acids is 2. The lowest BCUT2D eigenvalue weighted by molar-refractivity contribution is 0.0443. The molecule has 2 aromatic carbocycles. The number of benzene rings is 2. The van der Waals surface area contributed by atoms with Gasteiger partial charge in [-0.3, -0.25) is 4.57 Å². The van der Waals surface area contributed by atoms with Gasteiger partial charge in [0.1, 0.15) is 0 Å². The summed E-state index contributed by atoms with van der Waals surface area (Å²) >= 11 is 13.0. The number of rotatable bonds is 2. The summed E-state index contributed by atoms with van der Waals surface area (Å²) in [6.45, 7) is 0. The maximum Gasteiger partial charge on any atom is 0.348 e. The first kappa shape index (κ1) is 21.9. The molecule has 6 nitrogen and oxygen atoms in total. The first-order chi connectivity index (χ1) is 12.2. The van der Waals surface area contributed by atoms with E-state index in [0.29, 0.717) is 23.5 Å². The number of cyclic esters (lactones) is 2.